The largest absolute Gasteiger partial charge is 0.455 e. The maximum Gasteiger partial charge on any atom is 0.316 e. The fraction of sp³-hybridized carbons (Fsp3) is 0.100. The van der Waals surface area contributed by atoms with Crippen molar-refractivity contribution in [2.24, 2.45) is 0 Å². The zero-order chi connectivity index (χ0) is 22.7. The Kier molecular flexibility index (Phi) is 7.16. The van der Waals surface area contributed by atoms with Crippen LogP contribution < -0.4 is 5.32 Å². The van der Waals surface area contributed by atoms with Gasteiger partial charge in [0.2, 0.25) is 5.82 Å². The van der Waals surface area contributed by atoms with Crippen molar-refractivity contribution in [3.63, 3.8) is 0 Å². The number of fused-ring (bicyclic) bond motifs is 1. The Balaban J connectivity index is 1.57. The van der Waals surface area contributed by atoms with Crippen LogP contribution in [0.5, 0.6) is 0 Å². The number of ether oxygens (including phenoxy) is 1. The van der Waals surface area contributed by atoms with Gasteiger partial charge in [-0.25, -0.2) is 22.0 Å². The van der Waals surface area contributed by atoms with Crippen molar-refractivity contribution in [3.05, 3.63) is 70.0 Å². The molecule has 0 aromatic heterocycles. The average molecular weight is 520 g/mol. The van der Waals surface area contributed by atoms with Crippen LogP contribution in [-0.2, 0) is 14.3 Å². The Morgan fingerprint density at radius 2 is 1.52 bits per heavy atom. The van der Waals surface area contributed by atoms with E-state index in [1.807, 2.05) is 30.3 Å². The summed E-state index contributed by atoms with van der Waals surface area (Å²) in [6.45, 7) is -0.974. The number of hydrogen-bond acceptors (Lipinski definition) is 4. The Bertz CT molecular complexity index is 1160. The van der Waals surface area contributed by atoms with E-state index in [4.69, 9.17) is 4.74 Å². The summed E-state index contributed by atoms with van der Waals surface area (Å²) in [7, 11) is 0. The number of carbonyl (C=O) groups excluding carboxylic acids is 2. The van der Waals surface area contributed by atoms with E-state index in [2.05, 4.69) is 15.9 Å². The second kappa shape index (κ2) is 9.65. The van der Waals surface area contributed by atoms with E-state index in [1.54, 1.807) is 6.07 Å². The molecule has 4 nitrogen and oxygen atoms in total. The smallest absolute Gasteiger partial charge is 0.316 e. The summed E-state index contributed by atoms with van der Waals surface area (Å²) in [5.74, 6) is -13.4. The Morgan fingerprint density at radius 1 is 0.903 bits per heavy atom. The number of hydrogen-bond donors (Lipinski definition) is 1. The van der Waals surface area contributed by atoms with Crippen LogP contribution in [0.15, 0.2) is 45.8 Å². The number of amides is 1. The standard InChI is InChI=1S/C20H11BrF5NO3S/c21-14-10-4-2-1-3-9(10)5-6-11(14)31-8-13(29)30-7-12(28)27-20-18(25)16(23)15(22)17(24)19(20)26/h1-6H,7-8H2,(H,27,28). The number of nitrogens with one attached hydrogen (secondary N) is 1. The minimum atomic E-state index is -2.35. The average Bonchev–Trinajstić information content (AvgIpc) is 2.77. The molecule has 0 unspecified atom stereocenters. The van der Waals surface area contributed by atoms with Crippen molar-refractivity contribution < 1.29 is 36.3 Å². The first-order valence-electron chi connectivity index (χ1n) is 8.47. The molecular weight excluding hydrogens is 509 g/mol. The first-order chi connectivity index (χ1) is 14.7. The Labute approximate surface area is 184 Å². The number of halogens is 6. The van der Waals surface area contributed by atoms with Gasteiger partial charge in [0.05, 0.1) is 5.75 Å². The van der Waals surface area contributed by atoms with Crippen molar-refractivity contribution >= 4 is 56.0 Å². The SMILES string of the molecule is O=C(COC(=O)CSc1ccc2ccccc2c1Br)Nc1c(F)c(F)c(F)c(F)c1F. The van der Waals surface area contributed by atoms with E-state index >= 15 is 0 Å². The maximum absolute atomic E-state index is 13.6. The van der Waals surface area contributed by atoms with Crippen LogP contribution >= 0.6 is 27.7 Å². The molecule has 1 N–H and O–H groups in total. The molecule has 0 saturated heterocycles. The predicted molar refractivity (Wildman–Crippen MR) is 108 cm³/mol. The quantitative estimate of drug-likeness (QED) is 0.152. The van der Waals surface area contributed by atoms with Crippen LogP contribution in [0.25, 0.3) is 10.8 Å². The monoisotopic (exact) mass is 519 g/mol. The van der Waals surface area contributed by atoms with Gasteiger partial charge in [0, 0.05) is 9.37 Å². The van der Waals surface area contributed by atoms with Gasteiger partial charge in [-0.1, -0.05) is 30.3 Å². The molecule has 1 amide bonds. The van der Waals surface area contributed by atoms with Gasteiger partial charge in [0.1, 0.15) is 5.69 Å². The van der Waals surface area contributed by atoms with E-state index < -0.39 is 53.3 Å². The topological polar surface area (TPSA) is 55.4 Å². The van der Waals surface area contributed by atoms with Crippen LogP contribution in [0, 0.1) is 29.1 Å². The minimum Gasteiger partial charge on any atom is -0.455 e. The van der Waals surface area contributed by atoms with Crippen molar-refractivity contribution in [2.75, 3.05) is 17.7 Å². The third-order valence-electron chi connectivity index (χ3n) is 4.01. The highest BCUT2D eigenvalue weighted by atomic mass is 79.9. The number of thioether (sulfide) groups is 1. The first kappa shape index (κ1) is 23.0. The van der Waals surface area contributed by atoms with Gasteiger partial charge in [-0.3, -0.25) is 9.59 Å². The van der Waals surface area contributed by atoms with Gasteiger partial charge in [-0.2, -0.15) is 0 Å². The number of esters is 1. The summed E-state index contributed by atoms with van der Waals surface area (Å²) in [6.07, 6.45) is 0. The van der Waals surface area contributed by atoms with Crippen LogP contribution in [-0.4, -0.2) is 24.2 Å². The zero-order valence-electron chi connectivity index (χ0n) is 15.3. The van der Waals surface area contributed by atoms with Gasteiger partial charge < -0.3 is 10.1 Å². The number of rotatable bonds is 6. The van der Waals surface area contributed by atoms with Crippen molar-refractivity contribution in [3.8, 4) is 0 Å². The normalized spacial score (nSPS) is 10.9. The lowest BCUT2D eigenvalue weighted by Gasteiger charge is -2.10. The summed E-state index contributed by atoms with van der Waals surface area (Å²) in [6, 6.07) is 11.2. The molecular formula is C20H11BrF5NO3S. The molecule has 3 aromatic rings. The molecule has 0 fully saturated rings. The molecule has 0 bridgehead atoms. The van der Waals surface area contributed by atoms with Gasteiger partial charge in [0.25, 0.3) is 5.91 Å². The van der Waals surface area contributed by atoms with Gasteiger partial charge in [-0.05, 0) is 32.8 Å². The molecule has 0 aliphatic rings. The molecule has 11 heteroatoms. The molecule has 0 heterocycles. The van der Waals surface area contributed by atoms with E-state index in [1.165, 1.54) is 5.32 Å². The first-order valence-corrected chi connectivity index (χ1v) is 10.3. The Hall–Kier alpha value is -2.66. The zero-order valence-corrected chi connectivity index (χ0v) is 17.7. The molecule has 0 aliphatic heterocycles. The molecule has 3 aromatic carbocycles. The van der Waals surface area contributed by atoms with Gasteiger partial charge in [0.15, 0.2) is 29.9 Å². The van der Waals surface area contributed by atoms with E-state index in [-0.39, 0.29) is 5.75 Å². The highest BCUT2D eigenvalue weighted by molar-refractivity contribution is 9.10. The van der Waals surface area contributed by atoms with Gasteiger partial charge in [-0.15, -0.1) is 11.8 Å². The fourth-order valence-electron chi connectivity index (χ4n) is 2.54. The second-order valence-corrected chi connectivity index (χ2v) is 7.85. The van der Waals surface area contributed by atoms with Gasteiger partial charge >= 0.3 is 5.97 Å². The molecule has 3 rings (SSSR count). The molecule has 0 atom stereocenters. The Morgan fingerprint density at radius 3 is 2.19 bits per heavy atom. The second-order valence-electron chi connectivity index (χ2n) is 6.04. The van der Waals surface area contributed by atoms with E-state index in [0.29, 0.717) is 0 Å². The van der Waals surface area contributed by atoms with Crippen molar-refractivity contribution in [2.45, 2.75) is 4.90 Å². The number of benzene rings is 3. The lowest BCUT2D eigenvalue weighted by molar-refractivity contribution is -0.144. The molecule has 0 saturated carbocycles. The summed E-state index contributed by atoms with van der Waals surface area (Å²) in [5, 5.41) is 3.44. The van der Waals surface area contributed by atoms with Crippen LogP contribution in [0.2, 0.25) is 0 Å². The summed E-state index contributed by atoms with van der Waals surface area (Å²) < 4.78 is 71.9. The molecule has 0 radical (unpaired) electrons. The highest BCUT2D eigenvalue weighted by Crippen LogP contribution is 2.34. The lowest BCUT2D eigenvalue weighted by atomic mass is 10.1. The molecule has 0 aliphatic carbocycles. The maximum atomic E-state index is 13.6. The van der Waals surface area contributed by atoms with E-state index in [9.17, 15) is 31.5 Å². The van der Waals surface area contributed by atoms with Crippen molar-refractivity contribution in [1.82, 2.24) is 0 Å². The minimum absolute atomic E-state index is 0.188. The van der Waals surface area contributed by atoms with Crippen molar-refractivity contribution in [1.29, 1.82) is 0 Å². The summed E-state index contributed by atoms with van der Waals surface area (Å²) >= 11 is 4.59. The number of anilines is 1. The molecule has 31 heavy (non-hydrogen) atoms. The number of carbonyl (C=O) groups is 2. The molecule has 162 valence electrons. The van der Waals surface area contributed by atoms with Crippen LogP contribution in [0.1, 0.15) is 0 Å². The summed E-state index contributed by atoms with van der Waals surface area (Å²) in [4.78, 5) is 24.3. The third-order valence-corrected chi connectivity index (χ3v) is 6.16. The van der Waals surface area contributed by atoms with E-state index in [0.717, 1.165) is 31.9 Å². The molecule has 0 spiro atoms. The van der Waals surface area contributed by atoms with Crippen LogP contribution in [0.4, 0.5) is 27.6 Å². The predicted octanol–water partition coefficient (Wildman–Crippen LogP) is 5.57. The third kappa shape index (κ3) is 4.99. The summed E-state index contributed by atoms with van der Waals surface area (Å²) in [5.41, 5.74) is -1.52. The van der Waals surface area contributed by atoms with Crippen LogP contribution in [0.3, 0.4) is 0 Å². The highest BCUT2D eigenvalue weighted by Gasteiger charge is 2.27. The fourth-order valence-corrected chi connectivity index (χ4v) is 4.13. The lowest BCUT2D eigenvalue weighted by Crippen LogP contribution is -2.23.